The van der Waals surface area contributed by atoms with E-state index in [4.69, 9.17) is 38.7 Å². The lowest BCUT2D eigenvalue weighted by atomic mass is 11.8. The van der Waals surface area contributed by atoms with Crippen molar-refractivity contribution in [2.24, 2.45) is 0 Å². The zero-order valence-electron chi connectivity index (χ0n) is 4.62. The molecule has 1 nitrogen and oxygen atoms in total. The SMILES string of the molecule is CO[Si](C)(Cl)C(Cl)Cl. The highest BCUT2D eigenvalue weighted by Gasteiger charge is 2.33. The second-order valence-electron chi connectivity index (χ2n) is 1.49. The molecule has 0 amide bonds. The average Bonchev–Trinajstić information content (AvgIpc) is 1.67. The summed E-state index contributed by atoms with van der Waals surface area (Å²) in [6.45, 7) is 1.74. The van der Waals surface area contributed by atoms with E-state index in [1.807, 2.05) is 0 Å². The molecular weight excluding hydrogens is 186 g/mol. The Morgan fingerprint density at radius 3 is 1.88 bits per heavy atom. The van der Waals surface area contributed by atoms with Crippen molar-refractivity contribution in [1.82, 2.24) is 0 Å². The van der Waals surface area contributed by atoms with Gasteiger partial charge in [-0.05, 0) is 6.55 Å². The molecule has 0 heterocycles. The zero-order chi connectivity index (χ0) is 6.78. The van der Waals surface area contributed by atoms with Crippen molar-refractivity contribution in [1.29, 1.82) is 0 Å². The molecule has 0 aromatic heterocycles. The van der Waals surface area contributed by atoms with Crippen LogP contribution in [0.4, 0.5) is 0 Å². The van der Waals surface area contributed by atoms with Gasteiger partial charge in [-0.15, -0.1) is 34.3 Å². The van der Waals surface area contributed by atoms with E-state index in [1.54, 1.807) is 6.55 Å². The number of alkyl halides is 2. The van der Waals surface area contributed by atoms with Gasteiger partial charge in [0.2, 0.25) is 0 Å². The van der Waals surface area contributed by atoms with Crippen LogP contribution in [0.15, 0.2) is 0 Å². The van der Waals surface area contributed by atoms with E-state index in [9.17, 15) is 0 Å². The molecule has 0 saturated carbocycles. The van der Waals surface area contributed by atoms with Crippen LogP contribution in [-0.4, -0.2) is 19.2 Å². The van der Waals surface area contributed by atoms with E-state index in [-0.39, 0.29) is 0 Å². The standard InChI is InChI=1S/C3H7Cl3OSi/c1-7-8(2,6)3(4)5/h3H,1-2H3. The van der Waals surface area contributed by atoms with Crippen molar-refractivity contribution in [3.63, 3.8) is 0 Å². The van der Waals surface area contributed by atoms with Crippen molar-refractivity contribution >= 4 is 41.9 Å². The van der Waals surface area contributed by atoms with E-state index in [1.165, 1.54) is 7.11 Å². The highest BCUT2D eigenvalue weighted by molar-refractivity contribution is 7.21. The van der Waals surface area contributed by atoms with Crippen molar-refractivity contribution in [3.05, 3.63) is 0 Å². The van der Waals surface area contributed by atoms with Gasteiger partial charge in [-0.3, -0.25) is 0 Å². The fraction of sp³-hybridized carbons (Fsp3) is 1.00. The van der Waals surface area contributed by atoms with Crippen LogP contribution in [0.25, 0.3) is 0 Å². The van der Waals surface area contributed by atoms with E-state index in [0.29, 0.717) is 0 Å². The Morgan fingerprint density at radius 1 is 1.50 bits per heavy atom. The number of rotatable bonds is 2. The summed E-state index contributed by atoms with van der Waals surface area (Å²) in [4.78, 5) is 0. The summed E-state index contributed by atoms with van der Waals surface area (Å²) >= 11 is 16.6. The molecular formula is C3H7Cl3OSi. The highest BCUT2D eigenvalue weighted by Crippen LogP contribution is 2.22. The maximum atomic E-state index is 5.71. The maximum Gasteiger partial charge on any atom is 0.319 e. The van der Waals surface area contributed by atoms with Gasteiger partial charge in [0.05, 0.1) is 0 Å². The molecule has 0 spiro atoms. The highest BCUT2D eigenvalue weighted by atomic mass is 35.6. The summed E-state index contributed by atoms with van der Waals surface area (Å²) in [5.41, 5.74) is 0. The van der Waals surface area contributed by atoms with Crippen molar-refractivity contribution in [2.45, 2.75) is 11.0 Å². The molecule has 8 heavy (non-hydrogen) atoms. The van der Waals surface area contributed by atoms with Gasteiger partial charge in [0, 0.05) is 7.11 Å². The minimum Gasteiger partial charge on any atom is -0.405 e. The lowest BCUT2D eigenvalue weighted by Gasteiger charge is -2.16. The molecule has 0 N–H and O–H groups in total. The molecule has 1 atom stereocenters. The number of halogens is 3. The average molecular weight is 194 g/mol. The molecule has 0 rings (SSSR count). The normalized spacial score (nSPS) is 18.8. The molecule has 0 saturated heterocycles. The Labute approximate surface area is 64.7 Å². The molecule has 0 aliphatic rings. The van der Waals surface area contributed by atoms with Crippen LogP contribution in [0.5, 0.6) is 0 Å². The zero-order valence-corrected chi connectivity index (χ0v) is 7.89. The smallest absolute Gasteiger partial charge is 0.319 e. The molecule has 0 aromatic rings. The Balaban J connectivity index is 3.71. The van der Waals surface area contributed by atoms with Crippen LogP contribution >= 0.6 is 34.3 Å². The van der Waals surface area contributed by atoms with Crippen molar-refractivity contribution < 1.29 is 4.43 Å². The second kappa shape index (κ2) is 3.27. The number of hydrogen-bond acceptors (Lipinski definition) is 1. The molecule has 0 fully saturated rings. The fourth-order valence-corrected chi connectivity index (χ4v) is 0.802. The Hall–Kier alpha value is 1.05. The Bertz CT molecular complexity index is 74.9. The van der Waals surface area contributed by atoms with Gasteiger partial charge >= 0.3 is 7.63 Å². The van der Waals surface area contributed by atoms with Gasteiger partial charge in [-0.1, -0.05) is 0 Å². The van der Waals surface area contributed by atoms with Crippen LogP contribution in [0, 0.1) is 0 Å². The van der Waals surface area contributed by atoms with Crippen LogP contribution < -0.4 is 0 Å². The first-order valence-electron chi connectivity index (χ1n) is 2.03. The molecule has 0 aromatic carbocycles. The molecule has 1 unspecified atom stereocenters. The minimum absolute atomic E-state index is 0.561. The maximum absolute atomic E-state index is 5.71. The fourth-order valence-electron chi connectivity index (χ4n) is 0.0891. The van der Waals surface area contributed by atoms with Crippen LogP contribution in [0.1, 0.15) is 0 Å². The first kappa shape index (κ1) is 9.05. The lowest BCUT2D eigenvalue weighted by molar-refractivity contribution is 0.419. The third-order valence-corrected chi connectivity index (χ3v) is 6.65. The second-order valence-corrected chi connectivity index (χ2v) is 8.53. The van der Waals surface area contributed by atoms with Crippen LogP contribution in [0.2, 0.25) is 6.55 Å². The quantitative estimate of drug-likeness (QED) is 0.371. The summed E-state index contributed by atoms with van der Waals surface area (Å²) in [5, 5.41) is 0. The van der Waals surface area contributed by atoms with Gasteiger partial charge in [0.1, 0.15) is 4.46 Å². The van der Waals surface area contributed by atoms with Crippen LogP contribution in [0.3, 0.4) is 0 Å². The monoisotopic (exact) mass is 192 g/mol. The van der Waals surface area contributed by atoms with Crippen molar-refractivity contribution in [2.75, 3.05) is 7.11 Å². The molecule has 5 heteroatoms. The topological polar surface area (TPSA) is 9.23 Å². The Kier molecular flexibility index (Phi) is 3.70. The van der Waals surface area contributed by atoms with E-state index >= 15 is 0 Å². The summed E-state index contributed by atoms with van der Waals surface area (Å²) in [5.74, 6) is 0. The van der Waals surface area contributed by atoms with Gasteiger partial charge < -0.3 is 4.43 Å². The third kappa shape index (κ3) is 2.55. The van der Waals surface area contributed by atoms with E-state index < -0.39 is 12.1 Å². The van der Waals surface area contributed by atoms with E-state index in [0.717, 1.165) is 0 Å². The van der Waals surface area contributed by atoms with E-state index in [2.05, 4.69) is 0 Å². The minimum atomic E-state index is -2.25. The van der Waals surface area contributed by atoms with Gasteiger partial charge in [-0.25, -0.2) is 0 Å². The summed E-state index contributed by atoms with van der Waals surface area (Å²) in [6.07, 6.45) is 0. The molecule has 0 aliphatic carbocycles. The largest absolute Gasteiger partial charge is 0.405 e. The predicted molar refractivity (Wildman–Crippen MR) is 40.0 cm³/mol. The molecule has 50 valence electrons. The summed E-state index contributed by atoms with van der Waals surface area (Å²) in [6, 6.07) is 0. The summed E-state index contributed by atoms with van der Waals surface area (Å²) < 4.78 is 4.28. The molecule has 0 radical (unpaired) electrons. The Morgan fingerprint density at radius 2 is 1.88 bits per heavy atom. The van der Waals surface area contributed by atoms with Gasteiger partial charge in [0.25, 0.3) is 0 Å². The number of hydrogen-bond donors (Lipinski definition) is 0. The first-order chi connectivity index (χ1) is 3.50. The lowest BCUT2D eigenvalue weighted by Crippen LogP contribution is -2.34. The van der Waals surface area contributed by atoms with Crippen molar-refractivity contribution in [3.8, 4) is 0 Å². The summed E-state index contributed by atoms with van der Waals surface area (Å²) in [7, 11) is -0.741. The third-order valence-electron chi connectivity index (χ3n) is 0.789. The first-order valence-corrected chi connectivity index (χ1v) is 6.40. The van der Waals surface area contributed by atoms with Gasteiger partial charge in [0.15, 0.2) is 0 Å². The predicted octanol–water partition coefficient (Wildman–Crippen LogP) is 2.29. The van der Waals surface area contributed by atoms with Gasteiger partial charge in [-0.2, -0.15) is 0 Å². The molecule has 0 bridgehead atoms. The van der Waals surface area contributed by atoms with Crippen LogP contribution in [-0.2, 0) is 4.43 Å². The molecule has 0 aliphatic heterocycles.